The molecule has 116 heavy (non-hydrogen) atoms. The molecule has 0 aliphatic carbocycles. The standard InChI is InChI=1S/C81H147N3O32/c1-4-6-8-10-12-14-16-18-19-20-21-22-23-24-25-26-27-29-31-33-35-37-39-41-59(95)83-51(52(92)40-38-36-34-32-30-28-17-15-13-11-9-7-5-2)49-107-77-69(103)67(101)71(57(46-88)110-77)112-79-70(104)75(116-81(80(105)106)42-53(93)61(84-60(96)48-90)74(115-81)63(97)54(94)43-85)72(58(47-89)111-79)113-76-62(82-50(3)91)73(65(99)56(45-87)108-76)114-78-68(102)66(100)64(98)55(44-86)109-78/h38,40,51-58,61-79,85-90,92-94,97-104H,4-37,39,41-49H2,1-3H3,(H,82,91)(H,83,95)(H,84,96)(H,105,106)/b40-38+/t51-,52+,53?,54+,55?,56?,57?,58?,61+,62?,63+,64-,65-,66-,67+,68?,69?,70?,71+,72-,73+,74?,75+,76-,77+,78-,79-,81-/m0/s1. The van der Waals surface area contributed by atoms with Crippen molar-refractivity contribution < 1.29 is 158 Å². The molecule has 5 aliphatic rings. The maximum absolute atomic E-state index is 13.9. The zero-order valence-corrected chi connectivity index (χ0v) is 68.6. The number of ether oxygens (including phenoxy) is 10. The van der Waals surface area contributed by atoms with Gasteiger partial charge < -0.3 is 155 Å². The third kappa shape index (κ3) is 33.6. The van der Waals surface area contributed by atoms with Crippen LogP contribution in [0.25, 0.3) is 0 Å². The molecule has 0 spiro atoms. The van der Waals surface area contributed by atoms with Crippen molar-refractivity contribution in [3.8, 4) is 0 Å². The van der Waals surface area contributed by atoms with Crippen molar-refractivity contribution in [2.45, 2.75) is 429 Å². The Morgan fingerprint density at radius 2 is 0.888 bits per heavy atom. The molecule has 0 saturated carbocycles. The minimum atomic E-state index is -3.45. The molecule has 0 bridgehead atoms. The highest BCUT2D eigenvalue weighted by atomic mass is 16.8. The maximum atomic E-state index is 13.9. The molecule has 5 saturated heterocycles. The Hall–Kier alpha value is -3.46. The van der Waals surface area contributed by atoms with Gasteiger partial charge in [0.25, 0.3) is 5.79 Å². The van der Waals surface area contributed by atoms with Crippen LogP contribution in [0.1, 0.15) is 258 Å². The van der Waals surface area contributed by atoms with E-state index < -0.39 is 242 Å². The van der Waals surface area contributed by atoms with Gasteiger partial charge in [0.2, 0.25) is 17.7 Å². The number of carbonyl (C=O) groups is 4. The summed E-state index contributed by atoms with van der Waals surface area (Å²) >= 11 is 0. The van der Waals surface area contributed by atoms with Crippen LogP contribution < -0.4 is 16.0 Å². The Balaban J connectivity index is 1.32. The molecule has 0 aromatic rings. The van der Waals surface area contributed by atoms with E-state index in [0.717, 1.165) is 64.7 Å². The summed E-state index contributed by atoms with van der Waals surface area (Å²) in [6.45, 7) is -1.99. The second kappa shape index (κ2) is 57.1. The lowest BCUT2D eigenvalue weighted by atomic mass is 9.88. The predicted octanol–water partition coefficient (Wildman–Crippen LogP) is 1.05. The molecule has 5 fully saturated rings. The van der Waals surface area contributed by atoms with Crippen molar-refractivity contribution >= 4 is 23.7 Å². The van der Waals surface area contributed by atoms with Crippen LogP contribution in [0.5, 0.6) is 0 Å². The molecule has 0 radical (unpaired) electrons. The monoisotopic (exact) mass is 1670 g/mol. The van der Waals surface area contributed by atoms with Crippen molar-refractivity contribution in [3.63, 3.8) is 0 Å². The summed E-state index contributed by atoms with van der Waals surface area (Å²) in [6.07, 6.45) is -6.59. The van der Waals surface area contributed by atoms with Gasteiger partial charge in [0.1, 0.15) is 123 Å². The second-order valence-corrected chi connectivity index (χ2v) is 32.1. The lowest BCUT2D eigenvalue weighted by molar-refractivity contribution is -0.403. The van der Waals surface area contributed by atoms with Gasteiger partial charge >= 0.3 is 5.97 Å². The van der Waals surface area contributed by atoms with E-state index in [4.69, 9.17) is 47.4 Å². The number of allylic oxidation sites excluding steroid dienone is 1. The zero-order valence-electron chi connectivity index (χ0n) is 68.6. The molecule has 0 aromatic heterocycles. The average Bonchev–Trinajstić information content (AvgIpc) is 0.746. The summed E-state index contributed by atoms with van der Waals surface area (Å²) < 4.78 is 60.1. The van der Waals surface area contributed by atoms with E-state index >= 15 is 0 Å². The lowest BCUT2D eigenvalue weighted by Gasteiger charge is -2.52. The first kappa shape index (κ1) is 103. The number of aliphatic hydroxyl groups is 17. The van der Waals surface area contributed by atoms with Gasteiger partial charge in [-0.2, -0.15) is 0 Å². The van der Waals surface area contributed by atoms with E-state index in [-0.39, 0.29) is 12.3 Å². The summed E-state index contributed by atoms with van der Waals surface area (Å²) in [6, 6.07) is -5.00. The number of aliphatic carboxylic acids is 1. The molecule has 5 heterocycles. The molecule has 0 aromatic carbocycles. The molecular formula is C81H147N3O32. The van der Waals surface area contributed by atoms with Gasteiger partial charge in [-0.15, -0.1) is 0 Å². The Labute approximate surface area is 683 Å². The number of nitrogens with one attached hydrogen (secondary N) is 3. The maximum Gasteiger partial charge on any atom is 0.364 e. The molecule has 35 nitrogen and oxygen atoms in total. The van der Waals surface area contributed by atoms with Crippen molar-refractivity contribution in [3.05, 3.63) is 12.2 Å². The second-order valence-electron chi connectivity index (χ2n) is 32.1. The summed E-state index contributed by atoms with van der Waals surface area (Å²) in [7, 11) is 0. The first-order chi connectivity index (χ1) is 55.8. The summed E-state index contributed by atoms with van der Waals surface area (Å²) in [5, 5.41) is 207. The van der Waals surface area contributed by atoms with Crippen LogP contribution in [0.4, 0.5) is 0 Å². The lowest BCUT2D eigenvalue weighted by Crippen LogP contribution is -2.72. The topological polar surface area (TPSA) is 561 Å². The van der Waals surface area contributed by atoms with Gasteiger partial charge in [0, 0.05) is 19.8 Å². The Morgan fingerprint density at radius 1 is 0.457 bits per heavy atom. The summed E-state index contributed by atoms with van der Waals surface area (Å²) in [4.78, 5) is 53.3. The largest absolute Gasteiger partial charge is 0.477 e. The fourth-order valence-electron chi connectivity index (χ4n) is 15.7. The number of carboxylic acid groups (broad SMARTS) is 1. The van der Waals surface area contributed by atoms with Gasteiger partial charge in [0.15, 0.2) is 25.2 Å². The summed E-state index contributed by atoms with van der Waals surface area (Å²) in [5.41, 5.74) is 0. The number of rotatable bonds is 61. The molecular weight excluding hydrogens is 1530 g/mol. The van der Waals surface area contributed by atoms with E-state index in [1.165, 1.54) is 160 Å². The molecule has 10 unspecified atom stereocenters. The third-order valence-corrected chi connectivity index (χ3v) is 22.7. The smallest absolute Gasteiger partial charge is 0.364 e. The molecule has 5 aliphatic heterocycles. The zero-order chi connectivity index (χ0) is 85.1. The van der Waals surface area contributed by atoms with Crippen molar-refractivity contribution in [1.82, 2.24) is 16.0 Å². The van der Waals surface area contributed by atoms with E-state index in [1.807, 2.05) is 6.08 Å². The minimum Gasteiger partial charge on any atom is -0.477 e. The van der Waals surface area contributed by atoms with Gasteiger partial charge in [-0.25, -0.2) is 4.79 Å². The average molecular weight is 1680 g/mol. The minimum absolute atomic E-state index is 0.128. The number of hydrogen-bond acceptors (Lipinski definition) is 31. The number of aliphatic hydroxyl groups excluding tert-OH is 17. The van der Waals surface area contributed by atoms with Crippen LogP contribution in [0, 0.1) is 0 Å². The first-order valence-corrected chi connectivity index (χ1v) is 43.3. The number of amides is 3. The van der Waals surface area contributed by atoms with Crippen LogP contribution in [-0.4, -0.2) is 333 Å². The Bertz CT molecular complexity index is 2670. The molecule has 3 amide bonds. The van der Waals surface area contributed by atoms with Crippen molar-refractivity contribution in [1.29, 1.82) is 0 Å². The van der Waals surface area contributed by atoms with Crippen molar-refractivity contribution in [2.75, 3.05) is 46.2 Å². The highest BCUT2D eigenvalue weighted by molar-refractivity contribution is 5.78. The van der Waals surface area contributed by atoms with Crippen LogP contribution in [0.2, 0.25) is 0 Å². The van der Waals surface area contributed by atoms with Crippen LogP contribution in [-0.2, 0) is 66.5 Å². The highest BCUT2D eigenvalue weighted by Gasteiger charge is 2.62. The molecule has 35 heteroatoms. The van der Waals surface area contributed by atoms with E-state index in [0.29, 0.717) is 12.8 Å². The highest BCUT2D eigenvalue weighted by Crippen LogP contribution is 2.41. The SMILES string of the molecule is CCCCCCCCCCCCC/C=C/[C@@H](O)[C@H](CO[C@@H]1OC(CO)[C@@H](O[C@@H]2OC(CO)[C@H](O[C@@H]3OC(CO)[C@H](O)[C@H](O[C@@H]4OC(CO)[C@H](O)[C@H](O)C4O)C3NC(C)=O)[C@H](O[C@]3(C(=O)O)CC(O)[C@@H](NC(=O)CO)C([C@H](O)[C@H](O)CO)O3)C2O)[C@H](O)C1O)NC(=O)CCCCCCCCCCCCCCCCCCCCCCCCC. The van der Waals surface area contributed by atoms with Crippen LogP contribution in [0.15, 0.2) is 12.2 Å². The Morgan fingerprint density at radius 3 is 1.37 bits per heavy atom. The molecule has 5 rings (SSSR count). The fraction of sp³-hybridized carbons (Fsp3) is 0.926. The Kier molecular flexibility index (Phi) is 50.7. The van der Waals surface area contributed by atoms with Crippen molar-refractivity contribution in [2.24, 2.45) is 0 Å². The first-order valence-electron chi connectivity index (χ1n) is 43.3. The predicted molar refractivity (Wildman–Crippen MR) is 417 cm³/mol. The molecule has 28 atom stereocenters. The quantitative estimate of drug-likeness (QED) is 0.0299. The third-order valence-electron chi connectivity index (χ3n) is 22.7. The molecule has 678 valence electrons. The number of carbonyl (C=O) groups excluding carboxylic acids is 3. The number of unbranched alkanes of at least 4 members (excludes halogenated alkanes) is 33. The number of hydrogen-bond donors (Lipinski definition) is 21. The fourth-order valence-corrected chi connectivity index (χ4v) is 15.7. The van der Waals surface area contributed by atoms with E-state index in [2.05, 4.69) is 29.8 Å². The normalized spacial score (nSPS) is 32.8. The van der Waals surface area contributed by atoms with Gasteiger partial charge in [-0.05, 0) is 19.3 Å². The van der Waals surface area contributed by atoms with Gasteiger partial charge in [-0.3, -0.25) is 14.4 Å². The van der Waals surface area contributed by atoms with Gasteiger partial charge in [0.05, 0.1) is 63.9 Å². The molecule has 21 N–H and O–H groups in total. The number of carboxylic acids is 1. The van der Waals surface area contributed by atoms with Gasteiger partial charge in [-0.1, -0.05) is 231 Å². The van der Waals surface area contributed by atoms with Crippen LogP contribution in [0.3, 0.4) is 0 Å². The van der Waals surface area contributed by atoms with E-state index in [1.54, 1.807) is 0 Å². The van der Waals surface area contributed by atoms with Crippen LogP contribution >= 0.6 is 0 Å². The summed E-state index contributed by atoms with van der Waals surface area (Å²) in [5.74, 6) is -8.19. The van der Waals surface area contributed by atoms with E-state index in [9.17, 15) is 111 Å².